The van der Waals surface area contributed by atoms with Crippen molar-refractivity contribution in [1.82, 2.24) is 0 Å². The average Bonchev–Trinajstić information content (AvgIpc) is 2.41. The first-order valence-electron chi connectivity index (χ1n) is 6.32. The Kier molecular flexibility index (Phi) is 4.32. The highest BCUT2D eigenvalue weighted by Gasteiger charge is 2.13. The lowest BCUT2D eigenvalue weighted by Crippen LogP contribution is -1.98. The number of rotatable bonds is 5. The molecule has 0 bridgehead atoms. The highest BCUT2D eigenvalue weighted by Crippen LogP contribution is 2.28. The number of nitrogens with one attached hydrogen (secondary N) is 1. The largest absolute Gasteiger partial charge is 0.396 e. The second-order valence-corrected chi connectivity index (χ2v) is 4.57. The summed E-state index contributed by atoms with van der Waals surface area (Å²) in [5.41, 5.74) is 3.28. The van der Waals surface area contributed by atoms with Gasteiger partial charge in [-0.15, -0.1) is 0 Å². The third-order valence-corrected chi connectivity index (χ3v) is 2.98. The van der Waals surface area contributed by atoms with Crippen molar-refractivity contribution in [2.45, 2.75) is 13.3 Å². The van der Waals surface area contributed by atoms with E-state index in [1.54, 1.807) is 12.1 Å². The molecule has 0 radical (unpaired) electrons. The summed E-state index contributed by atoms with van der Waals surface area (Å²) in [6.07, 6.45) is 0.602. The Morgan fingerprint density at radius 2 is 1.90 bits per heavy atom. The lowest BCUT2D eigenvalue weighted by molar-refractivity contribution is -0.383. The van der Waals surface area contributed by atoms with E-state index < -0.39 is 4.92 Å². The molecule has 0 atom stereocenters. The van der Waals surface area contributed by atoms with Gasteiger partial charge in [-0.05, 0) is 42.7 Å². The molecule has 2 aromatic rings. The van der Waals surface area contributed by atoms with Gasteiger partial charge >= 0.3 is 0 Å². The highest BCUT2D eigenvalue weighted by molar-refractivity contribution is 5.70. The summed E-state index contributed by atoms with van der Waals surface area (Å²) in [4.78, 5) is 10.6. The van der Waals surface area contributed by atoms with Gasteiger partial charge in [-0.25, -0.2) is 0 Å². The van der Waals surface area contributed by atoms with Crippen molar-refractivity contribution in [3.05, 3.63) is 63.7 Å². The van der Waals surface area contributed by atoms with Gasteiger partial charge in [0.1, 0.15) is 5.69 Å². The summed E-state index contributed by atoms with van der Waals surface area (Å²) >= 11 is 0. The van der Waals surface area contributed by atoms with E-state index in [1.165, 1.54) is 6.07 Å². The van der Waals surface area contributed by atoms with Crippen LogP contribution in [0.2, 0.25) is 0 Å². The Morgan fingerprint density at radius 1 is 1.20 bits per heavy atom. The lowest BCUT2D eigenvalue weighted by Gasteiger charge is -2.08. The first-order chi connectivity index (χ1) is 9.60. The maximum Gasteiger partial charge on any atom is 0.292 e. The summed E-state index contributed by atoms with van der Waals surface area (Å²) in [5.74, 6) is 0. The van der Waals surface area contributed by atoms with Crippen LogP contribution < -0.4 is 5.32 Å². The van der Waals surface area contributed by atoms with Crippen LogP contribution in [0.25, 0.3) is 0 Å². The van der Waals surface area contributed by atoms with E-state index in [0.29, 0.717) is 12.1 Å². The Morgan fingerprint density at radius 3 is 2.50 bits per heavy atom. The van der Waals surface area contributed by atoms with Crippen molar-refractivity contribution in [3.63, 3.8) is 0 Å². The lowest BCUT2D eigenvalue weighted by atomic mass is 10.1. The van der Waals surface area contributed by atoms with E-state index in [-0.39, 0.29) is 12.3 Å². The molecule has 2 rings (SSSR count). The highest BCUT2D eigenvalue weighted by atomic mass is 16.6. The van der Waals surface area contributed by atoms with Crippen LogP contribution in [0, 0.1) is 17.0 Å². The normalized spacial score (nSPS) is 10.3. The number of hydrogen-bond donors (Lipinski definition) is 2. The minimum atomic E-state index is -0.401. The van der Waals surface area contributed by atoms with Crippen LogP contribution in [0.1, 0.15) is 11.1 Å². The predicted octanol–water partition coefficient (Wildman–Crippen LogP) is 3.18. The van der Waals surface area contributed by atoms with Crippen LogP contribution in [-0.2, 0) is 6.42 Å². The molecule has 0 aromatic heterocycles. The van der Waals surface area contributed by atoms with Gasteiger partial charge in [0.05, 0.1) is 4.92 Å². The minimum Gasteiger partial charge on any atom is -0.396 e. The molecule has 0 saturated heterocycles. The summed E-state index contributed by atoms with van der Waals surface area (Å²) in [6.45, 7) is 2.00. The van der Waals surface area contributed by atoms with Gasteiger partial charge in [-0.3, -0.25) is 10.1 Å². The zero-order valence-corrected chi connectivity index (χ0v) is 11.2. The zero-order valence-electron chi connectivity index (χ0n) is 11.2. The van der Waals surface area contributed by atoms with Gasteiger partial charge in [-0.2, -0.15) is 0 Å². The first kappa shape index (κ1) is 14.0. The molecule has 2 aromatic carbocycles. The van der Waals surface area contributed by atoms with Crippen LogP contribution in [-0.4, -0.2) is 16.6 Å². The van der Waals surface area contributed by atoms with Gasteiger partial charge in [0.2, 0.25) is 0 Å². The van der Waals surface area contributed by atoms with Crippen molar-refractivity contribution in [1.29, 1.82) is 0 Å². The number of aryl methyl sites for hydroxylation is 1. The monoisotopic (exact) mass is 272 g/mol. The second kappa shape index (κ2) is 6.16. The molecule has 20 heavy (non-hydrogen) atoms. The van der Waals surface area contributed by atoms with Gasteiger partial charge in [0.25, 0.3) is 5.69 Å². The maximum absolute atomic E-state index is 11.0. The molecule has 0 fully saturated rings. The fourth-order valence-electron chi connectivity index (χ4n) is 1.95. The molecule has 0 saturated carbocycles. The van der Waals surface area contributed by atoms with Gasteiger partial charge in [-0.1, -0.05) is 18.2 Å². The summed E-state index contributed by atoms with van der Waals surface area (Å²) in [6, 6.07) is 12.4. The molecular weight excluding hydrogens is 256 g/mol. The third kappa shape index (κ3) is 3.33. The Hall–Kier alpha value is -2.40. The summed E-state index contributed by atoms with van der Waals surface area (Å²) in [7, 11) is 0. The van der Waals surface area contributed by atoms with Gasteiger partial charge in [0, 0.05) is 18.4 Å². The minimum absolute atomic E-state index is 0.0510. The van der Waals surface area contributed by atoms with Gasteiger partial charge < -0.3 is 10.4 Å². The van der Waals surface area contributed by atoms with E-state index >= 15 is 0 Å². The smallest absolute Gasteiger partial charge is 0.292 e. The molecule has 0 spiro atoms. The van der Waals surface area contributed by atoms with Crippen LogP contribution in [0.4, 0.5) is 17.1 Å². The Balaban J connectivity index is 2.25. The molecule has 0 aliphatic heterocycles. The Labute approximate surface area is 117 Å². The molecule has 2 N–H and O–H groups in total. The van der Waals surface area contributed by atoms with E-state index in [4.69, 9.17) is 5.11 Å². The number of aliphatic hydroxyl groups excluding tert-OH is 1. The van der Waals surface area contributed by atoms with Crippen molar-refractivity contribution in [3.8, 4) is 0 Å². The molecule has 0 heterocycles. The number of nitro groups is 1. The van der Waals surface area contributed by atoms with Crippen LogP contribution in [0.3, 0.4) is 0 Å². The number of nitro benzene ring substituents is 1. The van der Waals surface area contributed by atoms with E-state index in [1.807, 2.05) is 31.2 Å². The second-order valence-electron chi connectivity index (χ2n) is 4.57. The quantitative estimate of drug-likeness (QED) is 0.647. The standard InChI is InChI=1S/C15H16N2O3/c1-11-2-7-15(17(19)20)14(10-11)16-13-5-3-12(4-6-13)8-9-18/h2-7,10,16,18H,8-9H2,1H3. The average molecular weight is 272 g/mol. The van der Waals surface area contributed by atoms with Crippen molar-refractivity contribution in [2.75, 3.05) is 11.9 Å². The van der Waals surface area contributed by atoms with E-state index in [9.17, 15) is 10.1 Å². The van der Waals surface area contributed by atoms with E-state index in [2.05, 4.69) is 5.32 Å². The number of hydrogen-bond acceptors (Lipinski definition) is 4. The third-order valence-electron chi connectivity index (χ3n) is 2.98. The maximum atomic E-state index is 11.0. The molecule has 104 valence electrons. The van der Waals surface area contributed by atoms with Crippen molar-refractivity contribution < 1.29 is 10.0 Å². The number of aliphatic hydroxyl groups is 1. The SMILES string of the molecule is Cc1ccc([N+](=O)[O-])c(Nc2ccc(CCO)cc2)c1. The van der Waals surface area contributed by atoms with E-state index in [0.717, 1.165) is 16.8 Å². The van der Waals surface area contributed by atoms with Crippen LogP contribution in [0.5, 0.6) is 0 Å². The Bertz CT molecular complexity index is 609. The molecule has 0 aliphatic carbocycles. The van der Waals surface area contributed by atoms with Crippen LogP contribution >= 0.6 is 0 Å². The molecule has 5 nitrogen and oxygen atoms in total. The predicted molar refractivity (Wildman–Crippen MR) is 78.3 cm³/mol. The molecule has 0 aliphatic rings. The number of nitrogens with zero attached hydrogens (tertiary/aromatic N) is 1. The molecule has 0 unspecified atom stereocenters. The molecule has 0 amide bonds. The zero-order chi connectivity index (χ0) is 14.5. The fourth-order valence-corrected chi connectivity index (χ4v) is 1.95. The number of benzene rings is 2. The molecule has 5 heteroatoms. The summed E-state index contributed by atoms with van der Waals surface area (Å²) in [5, 5.41) is 22.9. The summed E-state index contributed by atoms with van der Waals surface area (Å²) < 4.78 is 0. The molecular formula is C15H16N2O3. The first-order valence-corrected chi connectivity index (χ1v) is 6.32. The van der Waals surface area contributed by atoms with Crippen LogP contribution in [0.15, 0.2) is 42.5 Å². The van der Waals surface area contributed by atoms with Crippen molar-refractivity contribution in [2.24, 2.45) is 0 Å². The van der Waals surface area contributed by atoms with Crippen molar-refractivity contribution >= 4 is 17.1 Å². The topological polar surface area (TPSA) is 75.4 Å². The van der Waals surface area contributed by atoms with Gasteiger partial charge in [0.15, 0.2) is 0 Å². The fraction of sp³-hybridized carbons (Fsp3) is 0.200. The number of anilines is 2.